The van der Waals surface area contributed by atoms with Crippen LogP contribution in [0.1, 0.15) is 19.8 Å². The maximum atomic E-state index is 5.49. The van der Waals surface area contributed by atoms with Crippen LogP contribution < -0.4 is 5.73 Å². The summed E-state index contributed by atoms with van der Waals surface area (Å²) < 4.78 is 2.96. The van der Waals surface area contributed by atoms with Crippen LogP contribution in [0.25, 0.3) is 0 Å². The van der Waals surface area contributed by atoms with Crippen LogP contribution in [0.4, 0.5) is 0 Å². The van der Waals surface area contributed by atoms with E-state index in [1.54, 1.807) is 0 Å². The quantitative estimate of drug-likeness (QED) is 0.578. The van der Waals surface area contributed by atoms with E-state index >= 15 is 0 Å². The molecule has 1 nitrogen and oxygen atoms in total. The molecule has 0 spiro atoms. The Balaban J connectivity index is 3.76. The number of nitrogens with two attached hydrogens (primary N) is 1. The van der Waals surface area contributed by atoms with E-state index in [1.807, 2.05) is 0 Å². The van der Waals surface area contributed by atoms with Crippen molar-refractivity contribution in [2.75, 3.05) is 19.1 Å². The van der Waals surface area contributed by atoms with Gasteiger partial charge in [-0.25, -0.2) is 0 Å². The van der Waals surface area contributed by atoms with Crippen LogP contribution in [0.15, 0.2) is 0 Å². The Labute approximate surface area is 86.4 Å². The van der Waals surface area contributed by atoms with Crippen molar-refractivity contribution < 1.29 is 0 Å². The molecule has 0 aliphatic heterocycles. The van der Waals surface area contributed by atoms with Gasteiger partial charge in [0.25, 0.3) is 0 Å². The van der Waals surface area contributed by atoms with Crippen molar-refractivity contribution in [3.63, 3.8) is 0 Å². The van der Waals surface area contributed by atoms with Crippen LogP contribution in [-0.4, -0.2) is 34.7 Å². The van der Waals surface area contributed by atoms with Gasteiger partial charge in [0.15, 0.2) is 0 Å². The molecule has 12 heavy (non-hydrogen) atoms. The molecule has 0 aromatic heterocycles. The molecule has 0 radical (unpaired) electrons. The zero-order valence-corrected chi connectivity index (χ0v) is 12.9. The van der Waals surface area contributed by atoms with Crippen LogP contribution in [0.5, 0.6) is 0 Å². The van der Waals surface area contributed by atoms with Gasteiger partial charge in [-0.3, -0.25) is 0 Å². The third-order valence-electron chi connectivity index (χ3n) is 2.29. The van der Waals surface area contributed by atoms with Crippen LogP contribution >= 0.6 is 17.9 Å². The zero-order valence-electron chi connectivity index (χ0n) is 8.43. The van der Waals surface area contributed by atoms with Crippen LogP contribution in [0.3, 0.4) is 0 Å². The Bertz CT molecular complexity index is 99.0. The second-order valence-electron chi connectivity index (χ2n) is 2.92. The first kappa shape index (κ1) is 13.5. The summed E-state index contributed by atoms with van der Waals surface area (Å²) >= 11 is -1.71. The third kappa shape index (κ3) is 4.63. The molecule has 2 N–H and O–H groups in total. The van der Waals surface area contributed by atoms with Gasteiger partial charge in [0.05, 0.1) is 0 Å². The Morgan fingerprint density at radius 2 is 1.75 bits per heavy atom. The van der Waals surface area contributed by atoms with Gasteiger partial charge in [-0.1, -0.05) is 0 Å². The normalized spacial score (nSPS) is 12.0. The van der Waals surface area contributed by atoms with Crippen LogP contribution in [0.2, 0.25) is 8.87 Å². The average Bonchev–Trinajstić information content (AvgIpc) is 2.14. The van der Waals surface area contributed by atoms with Crippen molar-refractivity contribution in [3.8, 4) is 0 Å². The molecule has 0 amide bonds. The van der Waals surface area contributed by atoms with Crippen molar-refractivity contribution in [3.05, 3.63) is 0 Å². The second-order valence-corrected chi connectivity index (χ2v) is 31.6. The van der Waals surface area contributed by atoms with Crippen molar-refractivity contribution in [1.82, 2.24) is 0 Å². The Kier molecular flexibility index (Phi) is 8.78. The predicted octanol–water partition coefficient (Wildman–Crippen LogP) is 2.91. The van der Waals surface area contributed by atoms with Crippen LogP contribution in [0, 0.1) is 0 Å². The van der Waals surface area contributed by atoms with E-state index in [2.05, 4.69) is 37.3 Å². The fraction of sp³-hybridized carbons (Fsp3) is 1.00. The van der Waals surface area contributed by atoms with Gasteiger partial charge < -0.3 is 0 Å². The summed E-state index contributed by atoms with van der Waals surface area (Å²) in [4.78, 5) is 0. The molecule has 0 aromatic rings. The van der Waals surface area contributed by atoms with Crippen LogP contribution in [-0.2, 0) is 0 Å². The maximum absolute atomic E-state index is 5.49. The molecular formula is C8H21NS2Sn. The molecule has 0 saturated carbocycles. The van der Waals surface area contributed by atoms with E-state index in [-0.39, 0.29) is 0 Å². The molecule has 0 unspecified atom stereocenters. The summed E-state index contributed by atoms with van der Waals surface area (Å²) in [7, 11) is 4.40. The Morgan fingerprint density at radius 1 is 1.17 bits per heavy atom. The van der Waals surface area contributed by atoms with Gasteiger partial charge in [-0.05, 0) is 0 Å². The second kappa shape index (κ2) is 7.83. The molecule has 0 heterocycles. The molecule has 0 atom stereocenters. The van der Waals surface area contributed by atoms with Gasteiger partial charge in [0.1, 0.15) is 0 Å². The van der Waals surface area contributed by atoms with Gasteiger partial charge in [-0.2, -0.15) is 0 Å². The van der Waals surface area contributed by atoms with E-state index in [9.17, 15) is 0 Å². The Morgan fingerprint density at radius 3 is 2.08 bits per heavy atom. The number of hydrogen-bond acceptors (Lipinski definition) is 3. The standard InChI is InChI=1S/C4H10N.C2H5.2CH4S.Sn/c1-2-3-4-5;3*1-2;/h1-5H2;1H2,2H3;2*2H,1H3;/q;;;;+2/p-2. The van der Waals surface area contributed by atoms with E-state index < -0.39 is 15.6 Å². The van der Waals surface area contributed by atoms with Gasteiger partial charge in [0, 0.05) is 0 Å². The van der Waals surface area contributed by atoms with E-state index in [0.717, 1.165) is 6.54 Å². The molecule has 0 aromatic carbocycles. The van der Waals surface area contributed by atoms with Gasteiger partial charge in [-0.15, -0.1) is 0 Å². The molecule has 0 aliphatic carbocycles. The molecule has 0 fully saturated rings. The molecule has 74 valence electrons. The van der Waals surface area contributed by atoms with Gasteiger partial charge in [0.2, 0.25) is 0 Å². The summed E-state index contributed by atoms with van der Waals surface area (Å²) in [5, 5.41) is 0. The molecule has 0 saturated heterocycles. The van der Waals surface area contributed by atoms with Crippen molar-refractivity contribution in [2.24, 2.45) is 5.73 Å². The van der Waals surface area contributed by atoms with E-state index in [4.69, 9.17) is 5.73 Å². The summed E-state index contributed by atoms with van der Waals surface area (Å²) in [6.45, 7) is 3.24. The average molecular weight is 314 g/mol. The minimum atomic E-state index is -1.71. The number of rotatable bonds is 7. The van der Waals surface area contributed by atoms with E-state index in [1.165, 1.54) is 21.7 Å². The molecular weight excluding hydrogens is 293 g/mol. The molecule has 0 bridgehead atoms. The molecule has 4 heteroatoms. The SMILES string of the molecule is C[CH2][Sn]([CH2]CCCN)([S]C)[S]C. The van der Waals surface area contributed by atoms with Gasteiger partial charge >= 0.3 is 86.9 Å². The number of hydrogen-bond donors (Lipinski definition) is 1. The predicted molar refractivity (Wildman–Crippen MR) is 66.4 cm³/mol. The topological polar surface area (TPSA) is 26.0 Å². The summed E-state index contributed by atoms with van der Waals surface area (Å²) in [6, 6.07) is 0. The first-order chi connectivity index (χ1) is 5.74. The number of unbranched alkanes of at least 4 members (excludes halogenated alkanes) is 1. The van der Waals surface area contributed by atoms with E-state index in [0.29, 0.717) is 0 Å². The minimum absolute atomic E-state index is 0.869. The summed E-state index contributed by atoms with van der Waals surface area (Å²) in [6.07, 6.45) is 7.19. The Hall–Kier alpha value is 1.46. The van der Waals surface area contributed by atoms with Crippen molar-refractivity contribution in [1.29, 1.82) is 0 Å². The fourth-order valence-electron chi connectivity index (χ4n) is 1.29. The van der Waals surface area contributed by atoms with Crippen molar-refractivity contribution >= 4 is 33.5 Å². The fourth-order valence-corrected chi connectivity index (χ4v) is 20.9. The summed E-state index contributed by atoms with van der Waals surface area (Å²) in [5.41, 5.74) is 5.49. The third-order valence-corrected chi connectivity index (χ3v) is 36.1. The monoisotopic (exact) mass is 315 g/mol. The first-order valence-electron chi connectivity index (χ1n) is 4.55. The first-order valence-corrected chi connectivity index (χ1v) is 18.0. The molecule has 0 rings (SSSR count). The zero-order chi connectivity index (χ0) is 9.45. The summed E-state index contributed by atoms with van der Waals surface area (Å²) in [5.74, 6) is 0. The molecule has 0 aliphatic rings. The van der Waals surface area contributed by atoms with Crippen molar-refractivity contribution in [2.45, 2.75) is 28.6 Å².